The molecule has 0 saturated heterocycles. The van der Waals surface area contributed by atoms with Crippen LogP contribution in [0.25, 0.3) is 6.08 Å². The summed E-state index contributed by atoms with van der Waals surface area (Å²) in [6, 6.07) is 9.91. The zero-order valence-corrected chi connectivity index (χ0v) is 11.8. The van der Waals surface area contributed by atoms with Crippen molar-refractivity contribution in [2.24, 2.45) is 0 Å². The van der Waals surface area contributed by atoms with Gasteiger partial charge in [0.1, 0.15) is 5.76 Å². The van der Waals surface area contributed by atoms with Crippen LogP contribution in [0.3, 0.4) is 0 Å². The normalized spacial score (nSPS) is 9.58. The van der Waals surface area contributed by atoms with Crippen molar-refractivity contribution in [3.8, 4) is 0 Å². The Hall–Kier alpha value is -1.79. The summed E-state index contributed by atoms with van der Waals surface area (Å²) in [4.78, 5) is 11.1. The first-order valence-electron chi connectivity index (χ1n) is 6.91. The number of allylic oxidation sites excluding steroid dienone is 1. The lowest BCUT2D eigenvalue weighted by Crippen LogP contribution is -1.98. The van der Waals surface area contributed by atoms with Crippen LogP contribution >= 0.6 is 0 Å². The van der Waals surface area contributed by atoms with Crippen LogP contribution in [0, 0.1) is 0 Å². The van der Waals surface area contributed by atoms with Crippen molar-refractivity contribution in [3.05, 3.63) is 47.4 Å². The Kier molecular flexibility index (Phi) is 7.38. The van der Waals surface area contributed by atoms with Crippen LogP contribution in [0.15, 0.2) is 41.8 Å². The van der Waals surface area contributed by atoms with E-state index in [4.69, 9.17) is 4.74 Å². The molecule has 0 amide bonds. The Morgan fingerprint density at radius 2 is 1.95 bits per heavy atom. The van der Waals surface area contributed by atoms with E-state index in [9.17, 15) is 4.79 Å². The monoisotopic (exact) mass is 258 g/mol. The fourth-order valence-electron chi connectivity index (χ4n) is 1.75. The lowest BCUT2D eigenvalue weighted by atomic mass is 10.1. The minimum absolute atomic E-state index is 0.278. The molecule has 0 radical (unpaired) electrons. The summed E-state index contributed by atoms with van der Waals surface area (Å²) in [6.45, 7) is 3.61. The highest BCUT2D eigenvalue weighted by Gasteiger charge is 2.01. The molecule has 0 bridgehead atoms. The predicted octanol–water partition coefficient (Wildman–Crippen LogP) is 4.72. The number of unbranched alkanes of at least 4 members (excludes halogenated alkanes) is 3. The van der Waals surface area contributed by atoms with Gasteiger partial charge in [0.25, 0.3) is 0 Å². The van der Waals surface area contributed by atoms with Crippen LogP contribution in [-0.2, 0) is 9.53 Å². The molecule has 0 saturated carbocycles. The maximum absolute atomic E-state index is 11.1. The quantitative estimate of drug-likeness (QED) is 0.306. The van der Waals surface area contributed by atoms with Crippen LogP contribution in [0.2, 0.25) is 0 Å². The van der Waals surface area contributed by atoms with E-state index in [-0.39, 0.29) is 5.97 Å². The highest BCUT2D eigenvalue weighted by molar-refractivity contribution is 5.67. The fourth-order valence-corrected chi connectivity index (χ4v) is 1.75. The van der Waals surface area contributed by atoms with Gasteiger partial charge in [-0.3, -0.25) is 4.79 Å². The van der Waals surface area contributed by atoms with E-state index in [1.54, 1.807) is 0 Å². The Morgan fingerprint density at radius 3 is 2.58 bits per heavy atom. The summed E-state index contributed by atoms with van der Waals surface area (Å²) < 4.78 is 5.19. The SMILES string of the molecule is CCCCCCC(=C=Cc1ccccc1)OC(C)=O. The molecule has 0 atom stereocenters. The zero-order valence-electron chi connectivity index (χ0n) is 11.8. The largest absolute Gasteiger partial charge is 0.423 e. The zero-order chi connectivity index (χ0) is 13.9. The molecule has 102 valence electrons. The molecule has 1 rings (SSSR count). The second-order valence-electron chi connectivity index (χ2n) is 4.53. The van der Waals surface area contributed by atoms with Gasteiger partial charge >= 0.3 is 5.97 Å². The molecule has 0 aliphatic carbocycles. The number of ether oxygens (including phenoxy) is 1. The number of esters is 1. The first-order valence-corrected chi connectivity index (χ1v) is 6.91. The third kappa shape index (κ3) is 7.28. The van der Waals surface area contributed by atoms with Gasteiger partial charge in [-0.1, -0.05) is 62.2 Å². The summed E-state index contributed by atoms with van der Waals surface area (Å²) in [5, 5.41) is 0. The van der Waals surface area contributed by atoms with Crippen LogP contribution in [-0.4, -0.2) is 5.97 Å². The maximum atomic E-state index is 11.1. The average Bonchev–Trinajstić information content (AvgIpc) is 2.41. The summed E-state index contributed by atoms with van der Waals surface area (Å²) in [5.74, 6) is 0.354. The predicted molar refractivity (Wildman–Crippen MR) is 78.5 cm³/mol. The first-order chi connectivity index (χ1) is 9.22. The standard InChI is InChI=1S/C17H22O2/c1-3-4-5-9-12-17(19-15(2)18)14-13-16-10-7-6-8-11-16/h6-8,10-11,13H,3-5,9,12H2,1-2H3. The lowest BCUT2D eigenvalue weighted by Gasteiger charge is -2.04. The Morgan fingerprint density at radius 1 is 1.21 bits per heavy atom. The third-order valence-electron chi connectivity index (χ3n) is 2.72. The Bertz CT molecular complexity index is 440. The van der Waals surface area contributed by atoms with E-state index in [2.05, 4.69) is 12.7 Å². The van der Waals surface area contributed by atoms with Gasteiger partial charge in [-0.15, -0.1) is 0 Å². The van der Waals surface area contributed by atoms with Crippen molar-refractivity contribution in [1.29, 1.82) is 0 Å². The number of benzene rings is 1. The van der Waals surface area contributed by atoms with Gasteiger partial charge in [-0.2, -0.15) is 0 Å². The average molecular weight is 258 g/mol. The van der Waals surface area contributed by atoms with Gasteiger partial charge in [-0.05, 0) is 18.1 Å². The minimum Gasteiger partial charge on any atom is -0.423 e. The lowest BCUT2D eigenvalue weighted by molar-refractivity contribution is -0.137. The molecule has 0 heterocycles. The van der Waals surface area contributed by atoms with Crippen LogP contribution in [0.5, 0.6) is 0 Å². The van der Waals surface area contributed by atoms with Crippen molar-refractivity contribution in [1.82, 2.24) is 0 Å². The summed E-state index contributed by atoms with van der Waals surface area (Å²) in [6.07, 6.45) is 7.24. The third-order valence-corrected chi connectivity index (χ3v) is 2.72. The van der Waals surface area contributed by atoms with Crippen LogP contribution in [0.1, 0.15) is 51.5 Å². The topological polar surface area (TPSA) is 26.3 Å². The van der Waals surface area contributed by atoms with Crippen molar-refractivity contribution in [3.63, 3.8) is 0 Å². The molecule has 0 aromatic heterocycles. The molecular weight excluding hydrogens is 236 g/mol. The van der Waals surface area contributed by atoms with E-state index in [1.165, 1.54) is 19.8 Å². The van der Waals surface area contributed by atoms with E-state index in [0.29, 0.717) is 5.76 Å². The van der Waals surface area contributed by atoms with Crippen molar-refractivity contribution < 1.29 is 9.53 Å². The van der Waals surface area contributed by atoms with Crippen LogP contribution < -0.4 is 0 Å². The van der Waals surface area contributed by atoms with Crippen LogP contribution in [0.4, 0.5) is 0 Å². The molecule has 0 aliphatic rings. The number of carbonyl (C=O) groups excluding carboxylic acids is 1. The van der Waals surface area contributed by atoms with Gasteiger partial charge in [0.15, 0.2) is 0 Å². The molecule has 0 fully saturated rings. The molecule has 19 heavy (non-hydrogen) atoms. The summed E-state index contributed by atoms with van der Waals surface area (Å²) in [5.41, 5.74) is 4.15. The Labute approximate surface area is 115 Å². The smallest absolute Gasteiger partial charge is 0.308 e. The second-order valence-corrected chi connectivity index (χ2v) is 4.53. The van der Waals surface area contributed by atoms with Gasteiger partial charge in [0.05, 0.1) is 0 Å². The summed E-state index contributed by atoms with van der Waals surface area (Å²) in [7, 11) is 0. The minimum atomic E-state index is -0.278. The van der Waals surface area contributed by atoms with Gasteiger partial charge in [0, 0.05) is 13.3 Å². The number of carbonyl (C=O) groups is 1. The fraction of sp³-hybridized carbons (Fsp3) is 0.412. The molecule has 0 aliphatic heterocycles. The molecule has 0 N–H and O–H groups in total. The van der Waals surface area contributed by atoms with E-state index < -0.39 is 0 Å². The molecule has 2 nitrogen and oxygen atoms in total. The molecule has 1 aromatic rings. The number of hydrogen-bond donors (Lipinski definition) is 0. The highest BCUT2D eigenvalue weighted by Crippen LogP contribution is 2.11. The van der Waals surface area contributed by atoms with Gasteiger partial charge in [-0.25, -0.2) is 0 Å². The van der Waals surface area contributed by atoms with E-state index in [1.807, 2.05) is 36.4 Å². The Balaban J connectivity index is 2.66. The van der Waals surface area contributed by atoms with Crippen molar-refractivity contribution in [2.45, 2.75) is 46.0 Å². The van der Waals surface area contributed by atoms with Gasteiger partial charge < -0.3 is 4.74 Å². The van der Waals surface area contributed by atoms with Crippen molar-refractivity contribution >= 4 is 12.0 Å². The second kappa shape index (κ2) is 9.18. The van der Waals surface area contributed by atoms with E-state index >= 15 is 0 Å². The molecule has 1 aromatic carbocycles. The number of rotatable bonds is 7. The van der Waals surface area contributed by atoms with Crippen molar-refractivity contribution in [2.75, 3.05) is 0 Å². The molecule has 0 spiro atoms. The molecular formula is C17H22O2. The molecule has 0 unspecified atom stereocenters. The highest BCUT2D eigenvalue weighted by atomic mass is 16.5. The maximum Gasteiger partial charge on any atom is 0.308 e. The summed E-state index contributed by atoms with van der Waals surface area (Å²) >= 11 is 0. The van der Waals surface area contributed by atoms with E-state index in [0.717, 1.165) is 24.8 Å². The first kappa shape index (κ1) is 15.3. The van der Waals surface area contributed by atoms with Gasteiger partial charge in [0.2, 0.25) is 0 Å². The molecule has 2 heteroatoms. The number of hydrogen-bond acceptors (Lipinski definition) is 2.